The summed E-state index contributed by atoms with van der Waals surface area (Å²) < 4.78 is 0. The number of hydrogen-bond donors (Lipinski definition) is 1. The van der Waals surface area contributed by atoms with Crippen LogP contribution in [0.2, 0.25) is 0 Å². The summed E-state index contributed by atoms with van der Waals surface area (Å²) in [6.07, 6.45) is 7.99. The fraction of sp³-hybridized carbons (Fsp3) is 0.789. The van der Waals surface area contributed by atoms with E-state index in [4.69, 9.17) is 0 Å². The summed E-state index contributed by atoms with van der Waals surface area (Å²) in [4.78, 5) is 1.55. The van der Waals surface area contributed by atoms with Gasteiger partial charge in [0, 0.05) is 10.9 Å². The van der Waals surface area contributed by atoms with Crippen LogP contribution in [0.4, 0.5) is 0 Å². The van der Waals surface area contributed by atoms with Gasteiger partial charge in [0.2, 0.25) is 0 Å². The maximum absolute atomic E-state index is 3.85. The first kappa shape index (κ1) is 17.0. The van der Waals surface area contributed by atoms with Crippen molar-refractivity contribution in [2.75, 3.05) is 6.54 Å². The van der Waals surface area contributed by atoms with E-state index in [1.165, 1.54) is 45.1 Å². The number of rotatable bonds is 7. The van der Waals surface area contributed by atoms with Gasteiger partial charge in [-0.05, 0) is 67.3 Å². The first-order valence-electron chi connectivity index (χ1n) is 8.78. The summed E-state index contributed by atoms with van der Waals surface area (Å²) in [5.74, 6) is 1.73. The molecule has 0 radical (unpaired) electrons. The molecule has 1 fully saturated rings. The van der Waals surface area contributed by atoms with Crippen LogP contribution in [0.25, 0.3) is 0 Å². The molecular weight excluding hydrogens is 274 g/mol. The molecule has 1 aromatic heterocycles. The van der Waals surface area contributed by atoms with Crippen molar-refractivity contribution in [3.8, 4) is 0 Å². The van der Waals surface area contributed by atoms with Crippen LogP contribution >= 0.6 is 11.3 Å². The first-order chi connectivity index (χ1) is 10.0. The number of hydrogen-bond acceptors (Lipinski definition) is 2. The van der Waals surface area contributed by atoms with E-state index in [1.807, 2.05) is 11.3 Å². The highest BCUT2D eigenvalue weighted by Gasteiger charge is 2.38. The molecule has 0 aliphatic heterocycles. The average Bonchev–Trinajstić information content (AvgIpc) is 2.96. The molecule has 2 rings (SSSR count). The molecule has 0 saturated heterocycles. The lowest BCUT2D eigenvalue weighted by Crippen LogP contribution is -2.47. The smallest absolute Gasteiger partial charge is 0.0103 e. The van der Waals surface area contributed by atoms with Gasteiger partial charge in [-0.25, -0.2) is 0 Å². The van der Waals surface area contributed by atoms with Gasteiger partial charge < -0.3 is 5.32 Å². The molecule has 1 aromatic rings. The lowest BCUT2D eigenvalue weighted by atomic mass is 9.64. The van der Waals surface area contributed by atoms with Gasteiger partial charge in [0.25, 0.3) is 0 Å². The molecule has 0 bridgehead atoms. The second-order valence-electron chi connectivity index (χ2n) is 7.65. The van der Waals surface area contributed by atoms with Crippen molar-refractivity contribution in [1.29, 1.82) is 0 Å². The molecular formula is C19H33NS. The summed E-state index contributed by atoms with van der Waals surface area (Å²) in [5, 5.41) is 6.06. The van der Waals surface area contributed by atoms with E-state index < -0.39 is 0 Å². The summed E-state index contributed by atoms with van der Waals surface area (Å²) in [6.45, 7) is 10.9. The SMILES string of the molecule is CCCNC1CC(C)CCC1C(C)(C)CCc1cccs1. The second-order valence-corrected chi connectivity index (χ2v) is 8.69. The Morgan fingerprint density at radius 3 is 2.81 bits per heavy atom. The van der Waals surface area contributed by atoms with E-state index in [9.17, 15) is 0 Å². The van der Waals surface area contributed by atoms with Crippen molar-refractivity contribution in [3.63, 3.8) is 0 Å². The van der Waals surface area contributed by atoms with E-state index in [-0.39, 0.29) is 0 Å². The third-order valence-corrected chi connectivity index (χ3v) is 6.30. The van der Waals surface area contributed by atoms with Crippen LogP contribution in [0.3, 0.4) is 0 Å². The molecule has 1 saturated carbocycles. The topological polar surface area (TPSA) is 12.0 Å². The Morgan fingerprint density at radius 1 is 1.33 bits per heavy atom. The van der Waals surface area contributed by atoms with Crippen LogP contribution < -0.4 is 5.32 Å². The van der Waals surface area contributed by atoms with E-state index in [1.54, 1.807) is 4.88 Å². The van der Waals surface area contributed by atoms with Crippen molar-refractivity contribution in [3.05, 3.63) is 22.4 Å². The van der Waals surface area contributed by atoms with Gasteiger partial charge in [0.15, 0.2) is 0 Å². The highest BCUT2D eigenvalue weighted by molar-refractivity contribution is 7.09. The Labute approximate surface area is 135 Å². The maximum atomic E-state index is 3.85. The summed E-state index contributed by atoms with van der Waals surface area (Å²) >= 11 is 1.91. The van der Waals surface area contributed by atoms with E-state index in [0.29, 0.717) is 5.41 Å². The van der Waals surface area contributed by atoms with Gasteiger partial charge in [0.05, 0.1) is 0 Å². The third-order valence-electron chi connectivity index (χ3n) is 5.37. The Balaban J connectivity index is 1.97. The molecule has 1 aliphatic rings. The second kappa shape index (κ2) is 7.78. The fourth-order valence-electron chi connectivity index (χ4n) is 3.96. The Morgan fingerprint density at radius 2 is 2.14 bits per heavy atom. The molecule has 1 aliphatic carbocycles. The highest BCUT2D eigenvalue weighted by atomic mass is 32.1. The molecule has 3 atom stereocenters. The fourth-order valence-corrected chi connectivity index (χ4v) is 4.67. The van der Waals surface area contributed by atoms with Crippen molar-refractivity contribution < 1.29 is 0 Å². The van der Waals surface area contributed by atoms with E-state index >= 15 is 0 Å². The number of nitrogens with one attached hydrogen (secondary N) is 1. The van der Waals surface area contributed by atoms with Crippen molar-refractivity contribution >= 4 is 11.3 Å². The van der Waals surface area contributed by atoms with Crippen LogP contribution in [-0.2, 0) is 6.42 Å². The van der Waals surface area contributed by atoms with Crippen molar-refractivity contribution in [1.82, 2.24) is 5.32 Å². The molecule has 3 unspecified atom stereocenters. The van der Waals surface area contributed by atoms with Gasteiger partial charge in [-0.3, -0.25) is 0 Å². The molecule has 1 N–H and O–H groups in total. The van der Waals surface area contributed by atoms with Crippen LogP contribution in [0, 0.1) is 17.3 Å². The zero-order valence-corrected chi connectivity index (χ0v) is 15.1. The Bertz CT molecular complexity index is 396. The number of aryl methyl sites for hydroxylation is 1. The predicted octanol–water partition coefficient (Wildman–Crippen LogP) is 5.51. The zero-order chi connectivity index (χ0) is 15.3. The summed E-state index contributed by atoms with van der Waals surface area (Å²) in [7, 11) is 0. The molecule has 0 spiro atoms. The minimum atomic E-state index is 0.440. The zero-order valence-electron chi connectivity index (χ0n) is 14.3. The standard InChI is InChI=1S/C19H33NS/c1-5-12-20-18-14-15(2)8-9-17(18)19(3,4)11-10-16-7-6-13-21-16/h6-7,13,15,17-18,20H,5,8-12,14H2,1-4H3. The van der Waals surface area contributed by atoms with Gasteiger partial charge >= 0.3 is 0 Å². The molecule has 0 amide bonds. The molecule has 0 aromatic carbocycles. The van der Waals surface area contributed by atoms with E-state index in [0.717, 1.165) is 17.9 Å². The van der Waals surface area contributed by atoms with Gasteiger partial charge in [0.1, 0.15) is 0 Å². The third kappa shape index (κ3) is 4.82. The van der Waals surface area contributed by atoms with Crippen LogP contribution in [0.1, 0.15) is 64.7 Å². The lowest BCUT2D eigenvalue weighted by molar-refractivity contribution is 0.0871. The number of thiophene rings is 1. The summed E-state index contributed by atoms with van der Waals surface area (Å²) in [6, 6.07) is 5.20. The van der Waals surface area contributed by atoms with Crippen molar-refractivity contribution in [2.45, 2.75) is 72.3 Å². The minimum absolute atomic E-state index is 0.440. The highest BCUT2D eigenvalue weighted by Crippen LogP contribution is 2.43. The minimum Gasteiger partial charge on any atom is -0.314 e. The molecule has 2 heteroatoms. The largest absolute Gasteiger partial charge is 0.314 e. The van der Waals surface area contributed by atoms with E-state index in [2.05, 4.69) is 50.5 Å². The predicted molar refractivity (Wildman–Crippen MR) is 95.0 cm³/mol. The first-order valence-corrected chi connectivity index (χ1v) is 9.66. The monoisotopic (exact) mass is 307 g/mol. The van der Waals surface area contributed by atoms with Crippen LogP contribution in [0.15, 0.2) is 17.5 Å². The Kier molecular flexibility index (Phi) is 6.31. The van der Waals surface area contributed by atoms with Gasteiger partial charge in [-0.2, -0.15) is 0 Å². The van der Waals surface area contributed by atoms with Crippen LogP contribution in [0.5, 0.6) is 0 Å². The molecule has 1 heterocycles. The maximum Gasteiger partial charge on any atom is 0.0103 e. The normalized spacial score (nSPS) is 27.0. The van der Waals surface area contributed by atoms with Crippen molar-refractivity contribution in [2.24, 2.45) is 17.3 Å². The summed E-state index contributed by atoms with van der Waals surface area (Å²) in [5.41, 5.74) is 0.440. The van der Waals surface area contributed by atoms with Gasteiger partial charge in [-0.1, -0.05) is 40.2 Å². The molecule has 1 nitrogen and oxygen atoms in total. The lowest BCUT2D eigenvalue weighted by Gasteiger charge is -2.45. The Hall–Kier alpha value is -0.340. The van der Waals surface area contributed by atoms with Crippen LogP contribution in [-0.4, -0.2) is 12.6 Å². The quantitative estimate of drug-likeness (QED) is 0.700. The van der Waals surface area contributed by atoms with Gasteiger partial charge in [-0.15, -0.1) is 11.3 Å². The molecule has 21 heavy (non-hydrogen) atoms. The molecule has 120 valence electrons. The average molecular weight is 308 g/mol.